The van der Waals surface area contributed by atoms with E-state index in [0.717, 1.165) is 12.8 Å². The molecule has 0 unspecified atom stereocenters. The van der Waals surface area contributed by atoms with E-state index >= 15 is 0 Å². The zero-order valence-electron chi connectivity index (χ0n) is 8.16. The number of rotatable bonds is 4. The number of aryl methyl sites for hydroxylation is 1. The average Bonchev–Trinajstić information content (AvgIpc) is 2.15. The maximum atomic E-state index is 6.03. The SMILES string of the molecule is C=CCC[C@H](N)c1ccccc1C. The van der Waals surface area contributed by atoms with Gasteiger partial charge in [-0.2, -0.15) is 0 Å². The van der Waals surface area contributed by atoms with Crippen molar-refractivity contribution in [2.24, 2.45) is 5.73 Å². The molecule has 70 valence electrons. The maximum Gasteiger partial charge on any atom is 0.0300 e. The van der Waals surface area contributed by atoms with E-state index in [1.807, 2.05) is 18.2 Å². The predicted octanol–water partition coefficient (Wildman–Crippen LogP) is 2.96. The van der Waals surface area contributed by atoms with E-state index in [-0.39, 0.29) is 6.04 Å². The van der Waals surface area contributed by atoms with Crippen LogP contribution in [0.2, 0.25) is 0 Å². The molecule has 0 aliphatic rings. The van der Waals surface area contributed by atoms with Crippen LogP contribution in [0.25, 0.3) is 0 Å². The van der Waals surface area contributed by atoms with Gasteiger partial charge in [-0.15, -0.1) is 6.58 Å². The van der Waals surface area contributed by atoms with Gasteiger partial charge in [0.05, 0.1) is 0 Å². The normalized spacial score (nSPS) is 12.5. The van der Waals surface area contributed by atoms with Gasteiger partial charge >= 0.3 is 0 Å². The van der Waals surface area contributed by atoms with E-state index in [9.17, 15) is 0 Å². The van der Waals surface area contributed by atoms with Crippen molar-refractivity contribution in [3.8, 4) is 0 Å². The molecule has 13 heavy (non-hydrogen) atoms. The van der Waals surface area contributed by atoms with Gasteiger partial charge in [0.25, 0.3) is 0 Å². The fourth-order valence-corrected chi connectivity index (χ4v) is 1.46. The van der Waals surface area contributed by atoms with Gasteiger partial charge in [-0.1, -0.05) is 30.3 Å². The Bertz CT molecular complexity index is 278. The summed E-state index contributed by atoms with van der Waals surface area (Å²) in [6, 6.07) is 8.43. The van der Waals surface area contributed by atoms with Crippen molar-refractivity contribution in [3.63, 3.8) is 0 Å². The molecule has 1 aromatic rings. The second-order valence-corrected chi connectivity index (χ2v) is 3.33. The third-order valence-corrected chi connectivity index (χ3v) is 2.27. The summed E-state index contributed by atoms with van der Waals surface area (Å²) in [5, 5.41) is 0. The summed E-state index contributed by atoms with van der Waals surface area (Å²) >= 11 is 0. The molecule has 0 bridgehead atoms. The molecule has 0 amide bonds. The summed E-state index contributed by atoms with van der Waals surface area (Å²) in [4.78, 5) is 0. The van der Waals surface area contributed by atoms with Crippen LogP contribution < -0.4 is 5.73 Å². The van der Waals surface area contributed by atoms with Crippen LogP contribution in [-0.2, 0) is 0 Å². The van der Waals surface area contributed by atoms with Crippen molar-refractivity contribution in [2.75, 3.05) is 0 Å². The van der Waals surface area contributed by atoms with E-state index < -0.39 is 0 Å². The molecule has 0 fully saturated rings. The average molecular weight is 175 g/mol. The fourth-order valence-electron chi connectivity index (χ4n) is 1.46. The van der Waals surface area contributed by atoms with E-state index in [0.29, 0.717) is 0 Å². The van der Waals surface area contributed by atoms with Gasteiger partial charge in [-0.3, -0.25) is 0 Å². The zero-order valence-corrected chi connectivity index (χ0v) is 8.16. The number of nitrogens with two attached hydrogens (primary N) is 1. The molecule has 0 saturated heterocycles. The van der Waals surface area contributed by atoms with Crippen molar-refractivity contribution >= 4 is 0 Å². The molecule has 1 nitrogen and oxygen atoms in total. The lowest BCUT2D eigenvalue weighted by Crippen LogP contribution is -2.11. The van der Waals surface area contributed by atoms with E-state index in [4.69, 9.17) is 5.73 Å². The summed E-state index contributed by atoms with van der Waals surface area (Å²) in [5.41, 5.74) is 8.57. The monoisotopic (exact) mass is 175 g/mol. The van der Waals surface area contributed by atoms with Crippen LogP contribution in [0.1, 0.15) is 30.0 Å². The molecular weight excluding hydrogens is 158 g/mol. The zero-order chi connectivity index (χ0) is 9.68. The van der Waals surface area contributed by atoms with Gasteiger partial charge in [0.1, 0.15) is 0 Å². The highest BCUT2D eigenvalue weighted by Crippen LogP contribution is 2.19. The summed E-state index contributed by atoms with van der Waals surface area (Å²) in [6.45, 7) is 5.79. The Morgan fingerprint density at radius 3 is 2.77 bits per heavy atom. The molecule has 0 spiro atoms. The minimum absolute atomic E-state index is 0.152. The highest BCUT2D eigenvalue weighted by Gasteiger charge is 2.06. The molecule has 1 rings (SSSR count). The lowest BCUT2D eigenvalue weighted by atomic mass is 9.98. The lowest BCUT2D eigenvalue weighted by molar-refractivity contribution is 0.657. The molecule has 1 atom stereocenters. The molecular formula is C12H17N. The molecule has 0 aliphatic heterocycles. The Kier molecular flexibility index (Phi) is 3.71. The van der Waals surface area contributed by atoms with E-state index in [1.165, 1.54) is 11.1 Å². The number of benzene rings is 1. The maximum absolute atomic E-state index is 6.03. The molecule has 2 N–H and O–H groups in total. The Morgan fingerprint density at radius 2 is 2.15 bits per heavy atom. The minimum Gasteiger partial charge on any atom is -0.324 e. The van der Waals surface area contributed by atoms with Crippen LogP contribution in [0.5, 0.6) is 0 Å². The van der Waals surface area contributed by atoms with Gasteiger partial charge < -0.3 is 5.73 Å². The first-order valence-corrected chi connectivity index (χ1v) is 4.67. The molecule has 1 heteroatoms. The first-order valence-electron chi connectivity index (χ1n) is 4.67. The van der Waals surface area contributed by atoms with Gasteiger partial charge in [-0.25, -0.2) is 0 Å². The van der Waals surface area contributed by atoms with Crippen LogP contribution >= 0.6 is 0 Å². The van der Waals surface area contributed by atoms with Gasteiger partial charge in [0, 0.05) is 6.04 Å². The van der Waals surface area contributed by atoms with E-state index in [1.54, 1.807) is 0 Å². The van der Waals surface area contributed by atoms with Gasteiger partial charge in [-0.05, 0) is 30.9 Å². The van der Waals surface area contributed by atoms with Crippen LogP contribution in [0.3, 0.4) is 0 Å². The third kappa shape index (κ3) is 2.71. The minimum atomic E-state index is 0.152. The third-order valence-electron chi connectivity index (χ3n) is 2.27. The number of hydrogen-bond donors (Lipinski definition) is 1. The van der Waals surface area contributed by atoms with Crippen molar-refractivity contribution in [1.29, 1.82) is 0 Å². The molecule has 0 saturated carbocycles. The molecule has 0 radical (unpaired) electrons. The van der Waals surface area contributed by atoms with Crippen molar-refractivity contribution in [2.45, 2.75) is 25.8 Å². The fraction of sp³-hybridized carbons (Fsp3) is 0.333. The Labute approximate surface area is 80.3 Å². The van der Waals surface area contributed by atoms with Crippen molar-refractivity contribution in [1.82, 2.24) is 0 Å². The van der Waals surface area contributed by atoms with Crippen LogP contribution in [0.15, 0.2) is 36.9 Å². The standard InChI is InChI=1S/C12H17N/c1-3-4-9-12(13)11-8-6-5-7-10(11)2/h3,5-8,12H,1,4,9,13H2,2H3/t12-/m0/s1. The molecule has 0 heterocycles. The smallest absolute Gasteiger partial charge is 0.0300 e. The summed E-state index contributed by atoms with van der Waals surface area (Å²) in [6.07, 6.45) is 3.88. The topological polar surface area (TPSA) is 26.0 Å². The summed E-state index contributed by atoms with van der Waals surface area (Å²) in [5.74, 6) is 0. The molecule has 0 aliphatic carbocycles. The first kappa shape index (κ1) is 10.0. The van der Waals surface area contributed by atoms with Gasteiger partial charge in [0.2, 0.25) is 0 Å². The Morgan fingerprint density at radius 1 is 1.46 bits per heavy atom. The summed E-state index contributed by atoms with van der Waals surface area (Å²) < 4.78 is 0. The Balaban J connectivity index is 2.70. The predicted molar refractivity (Wildman–Crippen MR) is 57.5 cm³/mol. The molecule has 0 aromatic heterocycles. The van der Waals surface area contributed by atoms with Crippen molar-refractivity contribution < 1.29 is 0 Å². The second-order valence-electron chi connectivity index (χ2n) is 3.33. The van der Waals surface area contributed by atoms with Crippen LogP contribution in [0.4, 0.5) is 0 Å². The number of hydrogen-bond acceptors (Lipinski definition) is 1. The highest BCUT2D eigenvalue weighted by atomic mass is 14.6. The lowest BCUT2D eigenvalue weighted by Gasteiger charge is -2.13. The van der Waals surface area contributed by atoms with Gasteiger partial charge in [0.15, 0.2) is 0 Å². The quantitative estimate of drug-likeness (QED) is 0.699. The highest BCUT2D eigenvalue weighted by molar-refractivity contribution is 5.28. The largest absolute Gasteiger partial charge is 0.324 e. The number of allylic oxidation sites excluding steroid dienone is 1. The van der Waals surface area contributed by atoms with Crippen molar-refractivity contribution in [3.05, 3.63) is 48.0 Å². The van der Waals surface area contributed by atoms with Crippen LogP contribution in [-0.4, -0.2) is 0 Å². The molecule has 1 aromatic carbocycles. The van der Waals surface area contributed by atoms with E-state index in [2.05, 4.69) is 25.6 Å². The second kappa shape index (κ2) is 4.83. The Hall–Kier alpha value is -1.08. The first-order chi connectivity index (χ1) is 6.25. The summed E-state index contributed by atoms with van der Waals surface area (Å²) in [7, 11) is 0. The van der Waals surface area contributed by atoms with Crippen LogP contribution in [0, 0.1) is 6.92 Å².